The third-order valence-corrected chi connectivity index (χ3v) is 6.72. The highest BCUT2D eigenvalue weighted by atomic mass is 35.5. The first-order chi connectivity index (χ1) is 17.4. The van der Waals surface area contributed by atoms with Crippen LogP contribution in [-0.2, 0) is 0 Å². The number of amides is 1. The van der Waals surface area contributed by atoms with E-state index in [-0.39, 0.29) is 5.91 Å². The highest BCUT2D eigenvalue weighted by molar-refractivity contribution is 7.22. The fraction of sp³-hybridized carbons (Fsp3) is 0.0741. The van der Waals surface area contributed by atoms with Gasteiger partial charge >= 0.3 is 0 Å². The molecule has 5 aromatic rings. The summed E-state index contributed by atoms with van der Waals surface area (Å²) in [7, 11) is 1.55. The van der Waals surface area contributed by atoms with E-state index in [0.717, 1.165) is 21.7 Å². The molecular formula is C27H18ClN5O2S. The molecule has 0 aliphatic heterocycles. The van der Waals surface area contributed by atoms with Crippen LogP contribution in [0.15, 0.2) is 67.0 Å². The van der Waals surface area contributed by atoms with Crippen molar-refractivity contribution in [2.75, 3.05) is 12.4 Å². The highest BCUT2D eigenvalue weighted by Gasteiger charge is 2.19. The third-order valence-electron chi connectivity index (χ3n) is 5.54. The summed E-state index contributed by atoms with van der Waals surface area (Å²) in [4.78, 5) is 26.7. The molecule has 0 atom stereocenters. The second-order valence-electron chi connectivity index (χ2n) is 7.92. The summed E-state index contributed by atoms with van der Waals surface area (Å²) in [5, 5.41) is 13.4. The standard InChI is InChI=1S/C27H18ClN5O2S/c1-15-9-19(20-10-16(12-29)3-8-24(20)35-2)21(13-30-15)26(34)33-27-32-23-14-31-22(11-25(23)36-27)17-4-6-18(28)7-5-17/h3-11,13-14H,1-2H3,(H,32,33,34). The molecule has 3 aromatic heterocycles. The molecule has 0 radical (unpaired) electrons. The average Bonchev–Trinajstić information content (AvgIpc) is 3.30. The van der Waals surface area contributed by atoms with Crippen LogP contribution >= 0.6 is 22.9 Å². The molecule has 9 heteroatoms. The van der Waals surface area contributed by atoms with Crippen LogP contribution in [0.2, 0.25) is 5.02 Å². The smallest absolute Gasteiger partial charge is 0.259 e. The number of hydrogen-bond donors (Lipinski definition) is 1. The van der Waals surface area contributed by atoms with E-state index < -0.39 is 0 Å². The molecule has 0 bridgehead atoms. The number of aryl methyl sites for hydroxylation is 1. The maximum Gasteiger partial charge on any atom is 0.259 e. The van der Waals surface area contributed by atoms with E-state index in [1.165, 1.54) is 17.5 Å². The van der Waals surface area contributed by atoms with Crippen molar-refractivity contribution in [2.45, 2.75) is 6.92 Å². The molecule has 7 nitrogen and oxygen atoms in total. The van der Waals surface area contributed by atoms with Crippen molar-refractivity contribution in [3.05, 3.63) is 88.8 Å². The van der Waals surface area contributed by atoms with Crippen LogP contribution in [0.5, 0.6) is 5.75 Å². The Kier molecular flexibility index (Phi) is 6.34. The van der Waals surface area contributed by atoms with E-state index >= 15 is 0 Å². The fourth-order valence-electron chi connectivity index (χ4n) is 3.78. The predicted octanol–water partition coefficient (Wildman–Crippen LogP) is 6.51. The Labute approximate surface area is 216 Å². The Morgan fingerprint density at radius 2 is 1.86 bits per heavy atom. The van der Waals surface area contributed by atoms with Gasteiger partial charge in [0.1, 0.15) is 11.3 Å². The van der Waals surface area contributed by atoms with Crippen LogP contribution in [0, 0.1) is 18.3 Å². The van der Waals surface area contributed by atoms with Gasteiger partial charge in [0.25, 0.3) is 5.91 Å². The molecule has 5 rings (SSSR count). The number of carbonyl (C=O) groups excluding carboxylic acids is 1. The lowest BCUT2D eigenvalue weighted by atomic mass is 9.97. The Hall–Kier alpha value is -4.32. The van der Waals surface area contributed by atoms with Gasteiger partial charge in [-0.1, -0.05) is 35.1 Å². The number of thiazole rings is 1. The summed E-state index contributed by atoms with van der Waals surface area (Å²) in [5.74, 6) is 0.182. The summed E-state index contributed by atoms with van der Waals surface area (Å²) < 4.78 is 6.39. The summed E-state index contributed by atoms with van der Waals surface area (Å²) >= 11 is 7.35. The van der Waals surface area contributed by atoms with E-state index in [4.69, 9.17) is 16.3 Å². The zero-order chi connectivity index (χ0) is 25.2. The van der Waals surface area contributed by atoms with Crippen LogP contribution in [0.4, 0.5) is 5.13 Å². The number of hydrogen-bond acceptors (Lipinski definition) is 7. The minimum Gasteiger partial charge on any atom is -0.496 e. The number of rotatable bonds is 5. The minimum absolute atomic E-state index is 0.341. The van der Waals surface area contributed by atoms with Crippen LogP contribution in [0.25, 0.3) is 32.6 Å². The van der Waals surface area contributed by atoms with Crippen molar-refractivity contribution in [3.63, 3.8) is 0 Å². The monoisotopic (exact) mass is 511 g/mol. The normalized spacial score (nSPS) is 10.7. The van der Waals surface area contributed by atoms with Gasteiger partial charge in [-0.3, -0.25) is 20.1 Å². The summed E-state index contributed by atoms with van der Waals surface area (Å²) in [6, 6.07) is 18.4. The maximum atomic E-state index is 13.4. The number of nitrogens with zero attached hydrogens (tertiary/aromatic N) is 4. The molecule has 0 spiro atoms. The Morgan fingerprint density at radius 3 is 2.61 bits per heavy atom. The lowest BCUT2D eigenvalue weighted by molar-refractivity contribution is 0.102. The topological polar surface area (TPSA) is 101 Å². The van der Waals surface area contributed by atoms with E-state index in [2.05, 4.69) is 26.3 Å². The second kappa shape index (κ2) is 9.74. The number of aromatic nitrogens is 3. The van der Waals surface area contributed by atoms with Gasteiger partial charge < -0.3 is 4.74 Å². The molecule has 0 saturated heterocycles. The molecule has 176 valence electrons. The van der Waals surface area contributed by atoms with Crippen LogP contribution in [0.3, 0.4) is 0 Å². The summed E-state index contributed by atoms with van der Waals surface area (Å²) in [6.45, 7) is 1.84. The van der Waals surface area contributed by atoms with Gasteiger partial charge in [0, 0.05) is 33.6 Å². The summed E-state index contributed by atoms with van der Waals surface area (Å²) in [5.41, 5.74) is 5.18. The molecule has 0 fully saturated rings. The molecule has 36 heavy (non-hydrogen) atoms. The number of halogens is 1. The SMILES string of the molecule is COc1ccc(C#N)cc1-c1cc(C)ncc1C(=O)Nc1nc2cnc(-c3ccc(Cl)cc3)cc2s1. The van der Waals surface area contributed by atoms with E-state index in [1.54, 1.807) is 37.6 Å². The summed E-state index contributed by atoms with van der Waals surface area (Å²) in [6.07, 6.45) is 3.20. The zero-order valence-electron chi connectivity index (χ0n) is 19.2. The first kappa shape index (κ1) is 23.4. The molecule has 0 aliphatic rings. The number of anilines is 1. The van der Waals surface area contributed by atoms with Crippen LogP contribution in [0.1, 0.15) is 21.6 Å². The maximum absolute atomic E-state index is 13.4. The lowest BCUT2D eigenvalue weighted by Crippen LogP contribution is -2.14. The zero-order valence-corrected chi connectivity index (χ0v) is 20.8. The van der Waals surface area contributed by atoms with Crippen molar-refractivity contribution >= 4 is 44.2 Å². The molecule has 2 aromatic carbocycles. The van der Waals surface area contributed by atoms with Gasteiger partial charge in [0.05, 0.1) is 40.9 Å². The largest absolute Gasteiger partial charge is 0.496 e. The van der Waals surface area contributed by atoms with Crippen molar-refractivity contribution in [3.8, 4) is 34.2 Å². The Balaban J connectivity index is 1.49. The number of carbonyl (C=O) groups is 1. The first-order valence-corrected chi connectivity index (χ1v) is 12.0. The van der Waals surface area contributed by atoms with Gasteiger partial charge in [-0.25, -0.2) is 4.98 Å². The van der Waals surface area contributed by atoms with Gasteiger partial charge in [0.2, 0.25) is 0 Å². The number of nitrogens with one attached hydrogen (secondary N) is 1. The highest BCUT2D eigenvalue weighted by Crippen LogP contribution is 2.35. The minimum atomic E-state index is -0.369. The number of ether oxygens (including phenoxy) is 1. The molecule has 0 aliphatic carbocycles. The second-order valence-corrected chi connectivity index (χ2v) is 9.38. The van der Waals surface area contributed by atoms with Crippen molar-refractivity contribution in [2.24, 2.45) is 0 Å². The van der Waals surface area contributed by atoms with E-state index in [1.807, 2.05) is 37.3 Å². The number of fused-ring (bicyclic) bond motifs is 1. The van der Waals surface area contributed by atoms with Crippen molar-refractivity contribution < 1.29 is 9.53 Å². The molecule has 3 heterocycles. The Bertz CT molecular complexity index is 1660. The van der Waals surface area contributed by atoms with Crippen LogP contribution in [-0.4, -0.2) is 28.0 Å². The van der Waals surface area contributed by atoms with Gasteiger partial charge in [-0.15, -0.1) is 0 Å². The van der Waals surface area contributed by atoms with E-state index in [9.17, 15) is 10.1 Å². The third kappa shape index (κ3) is 4.62. The molecule has 1 amide bonds. The first-order valence-electron chi connectivity index (χ1n) is 10.8. The van der Waals surface area contributed by atoms with Gasteiger partial charge in [-0.2, -0.15) is 5.26 Å². The molecule has 1 N–H and O–H groups in total. The lowest BCUT2D eigenvalue weighted by Gasteiger charge is -2.13. The molecular weight excluding hydrogens is 494 g/mol. The number of pyridine rings is 2. The number of nitriles is 1. The fourth-order valence-corrected chi connectivity index (χ4v) is 4.78. The molecule has 0 saturated carbocycles. The Morgan fingerprint density at radius 1 is 1.06 bits per heavy atom. The van der Waals surface area contributed by atoms with Crippen molar-refractivity contribution in [1.29, 1.82) is 5.26 Å². The predicted molar refractivity (Wildman–Crippen MR) is 141 cm³/mol. The van der Waals surface area contributed by atoms with Gasteiger partial charge in [0.15, 0.2) is 5.13 Å². The van der Waals surface area contributed by atoms with Crippen molar-refractivity contribution in [1.82, 2.24) is 15.0 Å². The molecule has 0 unspecified atom stereocenters. The van der Waals surface area contributed by atoms with Crippen LogP contribution < -0.4 is 10.1 Å². The van der Waals surface area contributed by atoms with E-state index in [0.29, 0.717) is 43.7 Å². The average molecular weight is 512 g/mol. The quantitative estimate of drug-likeness (QED) is 0.288. The van der Waals surface area contributed by atoms with Gasteiger partial charge in [-0.05, 0) is 49.4 Å². The number of benzene rings is 2. The number of methoxy groups -OCH3 is 1.